The molecule has 0 aliphatic carbocycles. The third-order valence-electron chi connectivity index (χ3n) is 4.36. The molecule has 0 unspecified atom stereocenters. The number of nitrogens with zero attached hydrogens (tertiary/aromatic N) is 2. The van der Waals surface area contributed by atoms with Gasteiger partial charge in [0.1, 0.15) is 5.60 Å². The zero-order chi connectivity index (χ0) is 18.4. The number of likely N-dealkylation sites (tertiary alicyclic amines) is 1. The van der Waals surface area contributed by atoms with Gasteiger partial charge < -0.3 is 14.7 Å². The highest BCUT2D eigenvalue weighted by molar-refractivity contribution is 6.21. The Bertz CT molecular complexity index is 689. The van der Waals surface area contributed by atoms with Gasteiger partial charge in [0, 0.05) is 13.1 Å². The maximum atomic E-state index is 12.6. The Hall–Kier alpha value is -2.41. The summed E-state index contributed by atoms with van der Waals surface area (Å²) in [4.78, 5) is 40.0. The fraction of sp³-hybridized carbons (Fsp3) is 0.500. The van der Waals surface area contributed by atoms with Gasteiger partial charge in [-0.15, -0.1) is 0 Å². The summed E-state index contributed by atoms with van der Waals surface area (Å²) in [6, 6.07) is 5.79. The first-order chi connectivity index (χ1) is 11.7. The fourth-order valence-electron chi connectivity index (χ4n) is 3.17. The second kappa shape index (κ2) is 6.15. The van der Waals surface area contributed by atoms with Crippen LogP contribution in [0, 0.1) is 0 Å². The molecule has 0 aromatic heterocycles. The van der Waals surface area contributed by atoms with Crippen LogP contribution in [0.4, 0.5) is 4.79 Å². The maximum Gasteiger partial charge on any atom is 0.410 e. The van der Waals surface area contributed by atoms with E-state index in [9.17, 15) is 19.5 Å². The van der Waals surface area contributed by atoms with Crippen LogP contribution < -0.4 is 0 Å². The van der Waals surface area contributed by atoms with Crippen LogP contribution >= 0.6 is 0 Å². The Labute approximate surface area is 146 Å². The molecular weight excluding hydrogens is 324 g/mol. The molecule has 0 radical (unpaired) electrons. The average Bonchev–Trinajstić information content (AvgIpc) is 2.78. The van der Waals surface area contributed by atoms with Crippen molar-refractivity contribution in [2.75, 3.05) is 13.1 Å². The van der Waals surface area contributed by atoms with Crippen LogP contribution in [0.5, 0.6) is 0 Å². The minimum atomic E-state index is -0.874. The molecule has 0 spiro atoms. The van der Waals surface area contributed by atoms with Gasteiger partial charge >= 0.3 is 6.09 Å². The standard InChI is InChI=1S/C18H22N2O5/c1-18(2,3)25-17(24)19-9-8-14(21)13(10-19)20-15(22)11-6-4-5-7-12(11)16(20)23/h4-7,13-14,21H,8-10H2,1-3H3/t13-,14+/m0/s1. The summed E-state index contributed by atoms with van der Waals surface area (Å²) in [5.74, 6) is -0.869. The van der Waals surface area contributed by atoms with Crippen LogP contribution in [-0.2, 0) is 4.74 Å². The van der Waals surface area contributed by atoms with Crippen molar-refractivity contribution in [2.45, 2.75) is 44.9 Å². The molecule has 1 aromatic carbocycles. The molecule has 0 bridgehead atoms. The third kappa shape index (κ3) is 3.24. The van der Waals surface area contributed by atoms with Gasteiger partial charge in [0.25, 0.3) is 11.8 Å². The molecule has 2 heterocycles. The molecular formula is C18H22N2O5. The Morgan fingerprint density at radius 2 is 1.72 bits per heavy atom. The van der Waals surface area contributed by atoms with E-state index in [1.54, 1.807) is 45.0 Å². The van der Waals surface area contributed by atoms with Crippen LogP contribution in [0.2, 0.25) is 0 Å². The summed E-state index contributed by atoms with van der Waals surface area (Å²) in [7, 11) is 0. The monoisotopic (exact) mass is 346 g/mol. The van der Waals surface area contributed by atoms with Crippen molar-refractivity contribution in [1.82, 2.24) is 9.80 Å². The van der Waals surface area contributed by atoms with Gasteiger partial charge in [-0.3, -0.25) is 14.5 Å². The second-order valence-corrected chi connectivity index (χ2v) is 7.38. The lowest BCUT2D eigenvalue weighted by Gasteiger charge is -2.40. The molecule has 1 aromatic rings. The molecule has 3 rings (SSSR count). The van der Waals surface area contributed by atoms with E-state index in [1.165, 1.54) is 4.90 Å². The first kappa shape index (κ1) is 17.4. The molecule has 3 amide bonds. The van der Waals surface area contributed by atoms with E-state index in [-0.39, 0.29) is 13.0 Å². The molecule has 2 aliphatic heterocycles. The SMILES string of the molecule is CC(C)(C)OC(=O)N1CC[C@@H](O)[C@@H](N2C(=O)c3ccccc3C2=O)C1. The zero-order valence-electron chi connectivity index (χ0n) is 14.6. The summed E-state index contributed by atoms with van der Waals surface area (Å²) < 4.78 is 5.36. The molecule has 25 heavy (non-hydrogen) atoms. The number of rotatable bonds is 1. The number of fused-ring (bicyclic) bond motifs is 1. The van der Waals surface area contributed by atoms with E-state index in [4.69, 9.17) is 4.74 Å². The number of carbonyl (C=O) groups is 3. The number of piperidine rings is 1. The Morgan fingerprint density at radius 3 is 2.24 bits per heavy atom. The van der Waals surface area contributed by atoms with Gasteiger partial charge in [0.05, 0.1) is 23.3 Å². The number of benzene rings is 1. The van der Waals surface area contributed by atoms with Crippen molar-refractivity contribution in [3.63, 3.8) is 0 Å². The van der Waals surface area contributed by atoms with Crippen molar-refractivity contribution < 1.29 is 24.2 Å². The minimum absolute atomic E-state index is 0.0571. The topological polar surface area (TPSA) is 87.2 Å². The minimum Gasteiger partial charge on any atom is -0.444 e. The number of aliphatic hydroxyl groups excluding tert-OH is 1. The Morgan fingerprint density at radius 1 is 1.16 bits per heavy atom. The van der Waals surface area contributed by atoms with E-state index in [2.05, 4.69) is 0 Å². The number of hydrogen-bond acceptors (Lipinski definition) is 5. The third-order valence-corrected chi connectivity index (χ3v) is 4.36. The van der Waals surface area contributed by atoms with Crippen molar-refractivity contribution in [2.24, 2.45) is 0 Å². The van der Waals surface area contributed by atoms with Gasteiger partial charge in [-0.25, -0.2) is 4.79 Å². The molecule has 1 fully saturated rings. The highest BCUT2D eigenvalue weighted by Gasteiger charge is 2.45. The van der Waals surface area contributed by atoms with E-state index >= 15 is 0 Å². The molecule has 1 N–H and O–H groups in total. The lowest BCUT2D eigenvalue weighted by molar-refractivity contribution is -0.0186. The lowest BCUT2D eigenvalue weighted by atomic mass is 10.0. The molecule has 2 aliphatic rings. The first-order valence-electron chi connectivity index (χ1n) is 8.32. The molecule has 7 heteroatoms. The van der Waals surface area contributed by atoms with Crippen molar-refractivity contribution in [1.29, 1.82) is 0 Å². The van der Waals surface area contributed by atoms with Gasteiger partial charge in [-0.2, -0.15) is 0 Å². The largest absolute Gasteiger partial charge is 0.444 e. The predicted octanol–water partition coefficient (Wildman–Crippen LogP) is 1.65. The molecule has 1 saturated heterocycles. The second-order valence-electron chi connectivity index (χ2n) is 7.38. The van der Waals surface area contributed by atoms with E-state index < -0.39 is 35.7 Å². The van der Waals surface area contributed by atoms with Crippen LogP contribution in [0.3, 0.4) is 0 Å². The predicted molar refractivity (Wildman–Crippen MR) is 89.2 cm³/mol. The van der Waals surface area contributed by atoms with Crippen LogP contribution in [0.25, 0.3) is 0 Å². The summed E-state index contributed by atoms with van der Waals surface area (Å²) in [5, 5.41) is 10.4. The normalized spacial score (nSPS) is 23.7. The van der Waals surface area contributed by atoms with E-state index in [0.717, 1.165) is 4.90 Å². The molecule has 2 atom stereocenters. The first-order valence-corrected chi connectivity index (χ1v) is 8.32. The van der Waals surface area contributed by atoms with E-state index in [1.807, 2.05) is 0 Å². The van der Waals surface area contributed by atoms with Gasteiger partial charge in [0.15, 0.2) is 0 Å². The van der Waals surface area contributed by atoms with Crippen LogP contribution in [0.15, 0.2) is 24.3 Å². The lowest BCUT2D eigenvalue weighted by Crippen LogP contribution is -2.58. The number of ether oxygens (including phenoxy) is 1. The van der Waals surface area contributed by atoms with Crippen LogP contribution in [-0.4, -0.2) is 63.7 Å². The Balaban J connectivity index is 1.81. The van der Waals surface area contributed by atoms with Crippen molar-refractivity contribution >= 4 is 17.9 Å². The number of imide groups is 1. The average molecular weight is 346 g/mol. The van der Waals surface area contributed by atoms with Gasteiger partial charge in [-0.1, -0.05) is 12.1 Å². The summed E-state index contributed by atoms with van der Waals surface area (Å²) in [5.41, 5.74) is 0.0150. The number of amides is 3. The number of aliphatic hydroxyl groups is 1. The number of hydrogen-bond donors (Lipinski definition) is 1. The van der Waals surface area contributed by atoms with Crippen molar-refractivity contribution in [3.8, 4) is 0 Å². The fourth-order valence-corrected chi connectivity index (χ4v) is 3.17. The van der Waals surface area contributed by atoms with Gasteiger partial charge in [-0.05, 0) is 39.3 Å². The Kier molecular flexibility index (Phi) is 4.28. The highest BCUT2D eigenvalue weighted by Crippen LogP contribution is 2.28. The quantitative estimate of drug-likeness (QED) is 0.782. The van der Waals surface area contributed by atoms with Crippen LogP contribution in [0.1, 0.15) is 47.9 Å². The summed E-state index contributed by atoms with van der Waals surface area (Å²) in [6.07, 6.45) is -1.11. The smallest absolute Gasteiger partial charge is 0.410 e. The molecule has 0 saturated carbocycles. The summed E-state index contributed by atoms with van der Waals surface area (Å²) >= 11 is 0. The zero-order valence-corrected chi connectivity index (χ0v) is 14.6. The van der Waals surface area contributed by atoms with E-state index in [0.29, 0.717) is 17.7 Å². The molecule has 134 valence electrons. The van der Waals surface area contributed by atoms with Gasteiger partial charge in [0.2, 0.25) is 0 Å². The molecule has 7 nitrogen and oxygen atoms in total. The van der Waals surface area contributed by atoms with Crippen molar-refractivity contribution in [3.05, 3.63) is 35.4 Å². The number of carbonyl (C=O) groups excluding carboxylic acids is 3. The summed E-state index contributed by atoms with van der Waals surface area (Å²) in [6.45, 7) is 5.68. The maximum absolute atomic E-state index is 12.6. The highest BCUT2D eigenvalue weighted by atomic mass is 16.6.